The summed E-state index contributed by atoms with van der Waals surface area (Å²) in [5.41, 5.74) is 7.51. The Hall–Kier alpha value is -2.96. The Morgan fingerprint density at radius 1 is 1.25 bits per heavy atom. The van der Waals surface area contributed by atoms with Crippen molar-refractivity contribution in [1.82, 2.24) is 4.98 Å². The zero-order valence-electron chi connectivity index (χ0n) is 13.5. The number of anilines is 1. The van der Waals surface area contributed by atoms with Gasteiger partial charge in [-0.2, -0.15) is 0 Å². The summed E-state index contributed by atoms with van der Waals surface area (Å²) < 4.78 is 16.3. The second-order valence-corrected chi connectivity index (χ2v) is 5.21. The predicted octanol–water partition coefficient (Wildman–Crippen LogP) is 2.18. The van der Waals surface area contributed by atoms with Gasteiger partial charge in [-0.05, 0) is 18.2 Å². The van der Waals surface area contributed by atoms with Gasteiger partial charge in [-0.3, -0.25) is 0 Å². The number of fused-ring (bicyclic) bond motifs is 1. The number of nitrogens with zero attached hydrogens (tertiary/aromatic N) is 2. The Balaban J connectivity index is 1.65. The fourth-order valence-corrected chi connectivity index (χ4v) is 2.25. The molecule has 7 nitrogen and oxygen atoms in total. The van der Waals surface area contributed by atoms with Gasteiger partial charge in [-0.15, -0.1) is 0 Å². The molecule has 3 N–H and O–H groups in total. The average molecular weight is 328 g/mol. The molecule has 0 bridgehead atoms. The topological polar surface area (TPSA) is 91.0 Å². The number of rotatable bonds is 4. The van der Waals surface area contributed by atoms with Crippen LogP contribution in [0.3, 0.4) is 0 Å². The highest BCUT2D eigenvalue weighted by molar-refractivity contribution is 5.92. The molecule has 24 heavy (non-hydrogen) atoms. The van der Waals surface area contributed by atoms with Crippen LogP contribution >= 0.6 is 0 Å². The summed E-state index contributed by atoms with van der Waals surface area (Å²) in [6, 6.07) is 11.1. The lowest BCUT2D eigenvalue weighted by atomic mass is 10.3. The van der Waals surface area contributed by atoms with E-state index in [1.807, 2.05) is 30.3 Å². The molecule has 0 saturated heterocycles. The molecule has 3 rings (SSSR count). The number of nitrogens with one attached hydrogen (secondary N) is 1. The molecule has 0 spiro atoms. The lowest BCUT2D eigenvalue weighted by Gasteiger charge is -2.10. The molecule has 2 aromatic rings. The zero-order chi connectivity index (χ0) is 16.8. The fourth-order valence-electron chi connectivity index (χ4n) is 2.25. The monoisotopic (exact) mass is 328 g/mol. The number of aromatic nitrogens is 1. The van der Waals surface area contributed by atoms with E-state index in [1.54, 1.807) is 13.2 Å². The molecule has 0 unspecified atom stereocenters. The lowest BCUT2D eigenvalue weighted by molar-refractivity contribution is 0.297. The Morgan fingerprint density at radius 3 is 2.92 bits per heavy atom. The van der Waals surface area contributed by atoms with E-state index in [2.05, 4.69) is 15.3 Å². The SMILES string of the molecule is COc1cccc(CN=C(N)Nc2ccc3c(c2)OCCCO3)n1. The van der Waals surface area contributed by atoms with Crippen LogP contribution in [0.25, 0.3) is 0 Å². The maximum atomic E-state index is 5.94. The first-order valence-corrected chi connectivity index (χ1v) is 7.71. The van der Waals surface area contributed by atoms with Crippen LogP contribution in [0, 0.1) is 0 Å². The molecule has 126 valence electrons. The molecule has 1 aromatic heterocycles. The van der Waals surface area contributed by atoms with Crippen LogP contribution in [0.5, 0.6) is 17.4 Å². The van der Waals surface area contributed by atoms with Gasteiger partial charge in [0, 0.05) is 24.2 Å². The van der Waals surface area contributed by atoms with Crippen molar-refractivity contribution in [2.24, 2.45) is 10.7 Å². The minimum atomic E-state index is 0.300. The second kappa shape index (κ2) is 7.54. The van der Waals surface area contributed by atoms with Crippen molar-refractivity contribution < 1.29 is 14.2 Å². The molecule has 1 aliphatic heterocycles. The van der Waals surface area contributed by atoms with E-state index in [1.165, 1.54) is 0 Å². The van der Waals surface area contributed by atoms with Gasteiger partial charge < -0.3 is 25.3 Å². The van der Waals surface area contributed by atoms with Crippen LogP contribution in [0.4, 0.5) is 5.69 Å². The number of methoxy groups -OCH3 is 1. The first-order valence-electron chi connectivity index (χ1n) is 7.71. The predicted molar refractivity (Wildman–Crippen MR) is 91.8 cm³/mol. The van der Waals surface area contributed by atoms with Crippen LogP contribution in [-0.2, 0) is 6.54 Å². The first kappa shape index (κ1) is 15.9. The van der Waals surface area contributed by atoms with Crippen molar-refractivity contribution >= 4 is 11.6 Å². The van der Waals surface area contributed by atoms with E-state index in [4.69, 9.17) is 19.9 Å². The van der Waals surface area contributed by atoms with Crippen molar-refractivity contribution in [3.05, 3.63) is 42.1 Å². The third kappa shape index (κ3) is 4.07. The number of guanidine groups is 1. The molecule has 1 aromatic carbocycles. The maximum Gasteiger partial charge on any atom is 0.213 e. The van der Waals surface area contributed by atoms with Gasteiger partial charge in [0.1, 0.15) is 0 Å². The summed E-state index contributed by atoms with van der Waals surface area (Å²) in [5, 5.41) is 3.04. The number of aliphatic imine (C=N–C) groups is 1. The van der Waals surface area contributed by atoms with Crippen molar-refractivity contribution in [1.29, 1.82) is 0 Å². The summed E-state index contributed by atoms with van der Waals surface area (Å²) in [5.74, 6) is 2.31. The highest BCUT2D eigenvalue weighted by atomic mass is 16.5. The molecule has 0 saturated carbocycles. The number of hydrogen-bond acceptors (Lipinski definition) is 5. The second-order valence-electron chi connectivity index (χ2n) is 5.21. The van der Waals surface area contributed by atoms with Crippen LogP contribution in [0.1, 0.15) is 12.1 Å². The molecular formula is C17H20N4O3. The Labute approximate surface area is 140 Å². The average Bonchev–Trinajstić information content (AvgIpc) is 2.85. The van der Waals surface area contributed by atoms with E-state index >= 15 is 0 Å². The lowest BCUT2D eigenvalue weighted by Crippen LogP contribution is -2.22. The highest BCUT2D eigenvalue weighted by Crippen LogP contribution is 2.32. The minimum Gasteiger partial charge on any atom is -0.490 e. The number of benzene rings is 1. The van der Waals surface area contributed by atoms with Crippen LogP contribution in [0.15, 0.2) is 41.4 Å². The van der Waals surface area contributed by atoms with Crippen molar-refractivity contribution in [2.75, 3.05) is 25.6 Å². The van der Waals surface area contributed by atoms with Gasteiger partial charge >= 0.3 is 0 Å². The fraction of sp³-hybridized carbons (Fsp3) is 0.294. The van der Waals surface area contributed by atoms with Gasteiger partial charge in [0.2, 0.25) is 5.88 Å². The van der Waals surface area contributed by atoms with Crippen molar-refractivity contribution in [3.63, 3.8) is 0 Å². The quantitative estimate of drug-likeness (QED) is 0.660. The summed E-state index contributed by atoms with van der Waals surface area (Å²) in [4.78, 5) is 8.58. The molecule has 0 atom stereocenters. The van der Waals surface area contributed by atoms with Crippen LogP contribution in [0.2, 0.25) is 0 Å². The summed E-state index contributed by atoms with van der Waals surface area (Å²) in [6.45, 7) is 1.67. The third-order valence-corrected chi connectivity index (χ3v) is 3.42. The van der Waals surface area contributed by atoms with Gasteiger partial charge in [0.15, 0.2) is 17.5 Å². The standard InChI is InChI=1S/C17H20N4O3/c1-22-16-5-2-4-13(20-16)11-19-17(18)21-12-6-7-14-15(10-12)24-9-3-8-23-14/h2,4-7,10H,3,8-9,11H2,1H3,(H3,18,19,21). The molecule has 2 heterocycles. The number of nitrogens with two attached hydrogens (primary N) is 1. The van der Waals surface area contributed by atoms with E-state index in [0.717, 1.165) is 23.6 Å². The number of pyridine rings is 1. The first-order chi connectivity index (χ1) is 11.7. The Bertz CT molecular complexity index is 734. The molecule has 0 amide bonds. The Morgan fingerprint density at radius 2 is 2.08 bits per heavy atom. The Kier molecular flexibility index (Phi) is 5.00. The van der Waals surface area contributed by atoms with Gasteiger partial charge in [-0.1, -0.05) is 6.07 Å². The largest absolute Gasteiger partial charge is 0.490 e. The van der Waals surface area contributed by atoms with Gasteiger partial charge in [-0.25, -0.2) is 9.98 Å². The van der Waals surface area contributed by atoms with Gasteiger partial charge in [0.25, 0.3) is 0 Å². The van der Waals surface area contributed by atoms with Crippen molar-refractivity contribution in [3.8, 4) is 17.4 Å². The molecule has 0 fully saturated rings. The molecule has 0 aliphatic carbocycles. The molecule has 1 aliphatic rings. The van der Waals surface area contributed by atoms with E-state index < -0.39 is 0 Å². The van der Waals surface area contributed by atoms with E-state index in [0.29, 0.717) is 37.3 Å². The van der Waals surface area contributed by atoms with Gasteiger partial charge in [0.05, 0.1) is 32.6 Å². The highest BCUT2D eigenvalue weighted by Gasteiger charge is 2.10. The summed E-state index contributed by atoms with van der Waals surface area (Å²) in [6.07, 6.45) is 0.870. The van der Waals surface area contributed by atoms with E-state index in [9.17, 15) is 0 Å². The summed E-state index contributed by atoms with van der Waals surface area (Å²) in [7, 11) is 1.58. The normalized spacial score (nSPS) is 14.0. The molecule has 7 heteroatoms. The smallest absolute Gasteiger partial charge is 0.213 e. The van der Waals surface area contributed by atoms with Crippen LogP contribution < -0.4 is 25.3 Å². The van der Waals surface area contributed by atoms with Crippen molar-refractivity contribution in [2.45, 2.75) is 13.0 Å². The van der Waals surface area contributed by atoms with E-state index in [-0.39, 0.29) is 0 Å². The minimum absolute atomic E-state index is 0.300. The third-order valence-electron chi connectivity index (χ3n) is 3.42. The number of ether oxygens (including phenoxy) is 3. The van der Waals surface area contributed by atoms with Crippen LogP contribution in [-0.4, -0.2) is 31.3 Å². The zero-order valence-corrected chi connectivity index (χ0v) is 13.5. The molecular weight excluding hydrogens is 308 g/mol. The molecule has 0 radical (unpaired) electrons. The maximum absolute atomic E-state index is 5.94. The number of hydrogen-bond donors (Lipinski definition) is 2. The summed E-state index contributed by atoms with van der Waals surface area (Å²) >= 11 is 0.